The van der Waals surface area contributed by atoms with Crippen molar-refractivity contribution in [2.45, 2.75) is 32.6 Å². The zero-order chi connectivity index (χ0) is 19.1. The third-order valence-electron chi connectivity index (χ3n) is 5.66. The monoisotopic (exact) mass is 366 g/mol. The minimum Gasteiger partial charge on any atom is -0.455 e. The first-order valence-corrected chi connectivity index (χ1v) is 10.1. The minimum atomic E-state index is 0.174. The topological polar surface area (TPSA) is 30.2 Å². The molecule has 0 spiro atoms. The van der Waals surface area contributed by atoms with Gasteiger partial charge >= 0.3 is 0 Å². The van der Waals surface area contributed by atoms with E-state index in [-0.39, 0.29) is 5.78 Å². The zero-order valence-electron chi connectivity index (χ0n) is 16.0. The summed E-state index contributed by atoms with van der Waals surface area (Å²) in [6.45, 7) is 2.16. The average Bonchev–Trinajstić information content (AvgIpc) is 3.13. The van der Waals surface area contributed by atoms with Crippen molar-refractivity contribution in [2.75, 3.05) is 0 Å². The molecule has 0 fully saturated rings. The van der Waals surface area contributed by atoms with Gasteiger partial charge in [0, 0.05) is 22.6 Å². The van der Waals surface area contributed by atoms with Gasteiger partial charge in [-0.2, -0.15) is 0 Å². The molecule has 0 unspecified atom stereocenters. The highest BCUT2D eigenvalue weighted by Crippen LogP contribution is 2.40. The van der Waals surface area contributed by atoms with Crippen molar-refractivity contribution in [1.82, 2.24) is 0 Å². The molecule has 0 radical (unpaired) electrons. The number of carbonyl (C=O) groups is 1. The van der Waals surface area contributed by atoms with Gasteiger partial charge < -0.3 is 4.42 Å². The number of hydrogen-bond acceptors (Lipinski definition) is 2. The Morgan fingerprint density at radius 2 is 1.54 bits per heavy atom. The van der Waals surface area contributed by atoms with Crippen molar-refractivity contribution in [2.24, 2.45) is 0 Å². The Morgan fingerprint density at radius 1 is 0.786 bits per heavy atom. The van der Waals surface area contributed by atoms with Crippen LogP contribution < -0.4 is 0 Å². The van der Waals surface area contributed by atoms with Crippen LogP contribution in [0.15, 0.2) is 71.1 Å². The number of Topliss-reactive ketones (excluding diaryl/α,β-unsaturated/α-hetero) is 1. The van der Waals surface area contributed by atoms with Crippen LogP contribution in [-0.2, 0) is 0 Å². The standard InChI is InChI=1S/C26H22O2/c1-2-3-4-13-23(27)22-16-18-10-6-7-11-19(18)24-21-15-14-17-9-5-8-12-20(17)25(21)28-26(22)24/h5-12,14-16H,2-4,13H2,1H3. The maximum atomic E-state index is 13.1. The van der Waals surface area contributed by atoms with Crippen molar-refractivity contribution in [3.05, 3.63) is 72.3 Å². The second kappa shape index (κ2) is 6.79. The molecule has 2 heteroatoms. The quantitative estimate of drug-likeness (QED) is 0.236. The SMILES string of the molecule is CCCCCC(=O)c1cc2ccccc2c2c1oc1c3ccccc3ccc12. The molecule has 28 heavy (non-hydrogen) atoms. The van der Waals surface area contributed by atoms with E-state index in [4.69, 9.17) is 4.42 Å². The van der Waals surface area contributed by atoms with E-state index in [0.717, 1.165) is 62.7 Å². The predicted molar refractivity (Wildman–Crippen MR) is 117 cm³/mol. The Balaban J connectivity index is 1.86. The van der Waals surface area contributed by atoms with E-state index in [1.54, 1.807) is 0 Å². The summed E-state index contributed by atoms with van der Waals surface area (Å²) < 4.78 is 6.41. The lowest BCUT2D eigenvalue weighted by Crippen LogP contribution is -1.99. The number of fused-ring (bicyclic) bond motifs is 7. The third-order valence-corrected chi connectivity index (χ3v) is 5.66. The van der Waals surface area contributed by atoms with Crippen molar-refractivity contribution in [3.63, 3.8) is 0 Å². The largest absolute Gasteiger partial charge is 0.455 e. The number of unbranched alkanes of at least 4 members (excludes halogenated alkanes) is 2. The lowest BCUT2D eigenvalue weighted by molar-refractivity contribution is 0.0980. The summed E-state index contributed by atoms with van der Waals surface area (Å²) in [5.74, 6) is 0.174. The smallest absolute Gasteiger partial charge is 0.166 e. The summed E-state index contributed by atoms with van der Waals surface area (Å²) in [4.78, 5) is 13.1. The van der Waals surface area contributed by atoms with Gasteiger partial charge in [-0.05, 0) is 34.7 Å². The van der Waals surface area contributed by atoms with E-state index < -0.39 is 0 Å². The molecule has 1 aromatic heterocycles. The van der Waals surface area contributed by atoms with Gasteiger partial charge in [-0.1, -0.05) is 74.4 Å². The van der Waals surface area contributed by atoms with Gasteiger partial charge in [0.25, 0.3) is 0 Å². The summed E-state index contributed by atoms with van der Waals surface area (Å²) in [7, 11) is 0. The van der Waals surface area contributed by atoms with Crippen LogP contribution in [0.3, 0.4) is 0 Å². The molecule has 0 aliphatic carbocycles. The molecule has 5 rings (SSSR count). The summed E-state index contributed by atoms with van der Waals surface area (Å²) in [5.41, 5.74) is 2.31. The fourth-order valence-corrected chi connectivity index (χ4v) is 4.23. The molecule has 0 atom stereocenters. The van der Waals surface area contributed by atoms with E-state index in [1.165, 1.54) is 0 Å². The number of rotatable bonds is 5. The van der Waals surface area contributed by atoms with Gasteiger partial charge in [0.05, 0.1) is 5.56 Å². The Labute approximate surface area is 163 Å². The highest BCUT2D eigenvalue weighted by Gasteiger charge is 2.20. The van der Waals surface area contributed by atoms with E-state index in [2.05, 4.69) is 43.3 Å². The first kappa shape index (κ1) is 17.0. The first-order chi connectivity index (χ1) is 13.8. The summed E-state index contributed by atoms with van der Waals surface area (Å²) >= 11 is 0. The normalized spacial score (nSPS) is 11.8. The van der Waals surface area contributed by atoms with Crippen molar-refractivity contribution in [3.8, 4) is 0 Å². The molecular formula is C26H22O2. The lowest BCUT2D eigenvalue weighted by Gasteiger charge is -2.06. The molecule has 5 aromatic rings. The summed E-state index contributed by atoms with van der Waals surface area (Å²) in [6.07, 6.45) is 3.68. The number of benzene rings is 4. The molecule has 0 aliphatic heterocycles. The van der Waals surface area contributed by atoms with Gasteiger partial charge in [-0.25, -0.2) is 0 Å². The van der Waals surface area contributed by atoms with Gasteiger partial charge in [-0.3, -0.25) is 4.79 Å². The Hall–Kier alpha value is -3.13. The summed E-state index contributed by atoms with van der Waals surface area (Å²) in [5, 5.41) is 6.59. The molecule has 0 saturated heterocycles. The van der Waals surface area contributed by atoms with Crippen LogP contribution in [0.5, 0.6) is 0 Å². The van der Waals surface area contributed by atoms with Crippen molar-refractivity contribution >= 4 is 49.3 Å². The van der Waals surface area contributed by atoms with Crippen LogP contribution in [0.1, 0.15) is 43.0 Å². The Morgan fingerprint density at radius 3 is 2.36 bits per heavy atom. The third kappa shape index (κ3) is 2.60. The summed E-state index contributed by atoms with van der Waals surface area (Å²) in [6, 6.07) is 22.8. The molecule has 0 aliphatic rings. The van der Waals surface area contributed by atoms with Crippen LogP contribution in [0.25, 0.3) is 43.5 Å². The first-order valence-electron chi connectivity index (χ1n) is 10.1. The molecule has 138 valence electrons. The van der Waals surface area contributed by atoms with Gasteiger partial charge in [0.1, 0.15) is 11.2 Å². The van der Waals surface area contributed by atoms with Gasteiger partial charge in [0.2, 0.25) is 0 Å². The Bertz CT molecular complexity index is 1340. The average molecular weight is 366 g/mol. The number of ketones is 1. The van der Waals surface area contributed by atoms with Crippen LogP contribution in [0.2, 0.25) is 0 Å². The second-order valence-electron chi connectivity index (χ2n) is 7.50. The van der Waals surface area contributed by atoms with E-state index >= 15 is 0 Å². The van der Waals surface area contributed by atoms with Crippen LogP contribution >= 0.6 is 0 Å². The maximum absolute atomic E-state index is 13.1. The van der Waals surface area contributed by atoms with E-state index in [1.807, 2.05) is 30.3 Å². The molecular weight excluding hydrogens is 344 g/mol. The zero-order valence-corrected chi connectivity index (χ0v) is 16.0. The fourth-order valence-electron chi connectivity index (χ4n) is 4.23. The van der Waals surface area contributed by atoms with Crippen LogP contribution in [0, 0.1) is 0 Å². The molecule has 1 heterocycles. The van der Waals surface area contributed by atoms with Crippen molar-refractivity contribution < 1.29 is 9.21 Å². The molecule has 0 amide bonds. The fraction of sp³-hybridized carbons (Fsp3) is 0.192. The maximum Gasteiger partial charge on any atom is 0.166 e. The molecule has 0 saturated carbocycles. The highest BCUT2D eigenvalue weighted by molar-refractivity contribution is 6.27. The predicted octanol–water partition coefficient (Wildman–Crippen LogP) is 7.66. The van der Waals surface area contributed by atoms with Crippen LogP contribution in [-0.4, -0.2) is 5.78 Å². The van der Waals surface area contributed by atoms with Gasteiger partial charge in [-0.15, -0.1) is 0 Å². The second-order valence-corrected chi connectivity index (χ2v) is 7.50. The molecule has 0 N–H and O–H groups in total. The van der Waals surface area contributed by atoms with Crippen molar-refractivity contribution in [1.29, 1.82) is 0 Å². The number of carbonyl (C=O) groups excluding carboxylic acids is 1. The molecule has 0 bridgehead atoms. The molecule has 4 aromatic carbocycles. The molecule has 2 nitrogen and oxygen atoms in total. The number of hydrogen-bond donors (Lipinski definition) is 0. The van der Waals surface area contributed by atoms with Crippen LogP contribution in [0.4, 0.5) is 0 Å². The van der Waals surface area contributed by atoms with E-state index in [9.17, 15) is 4.79 Å². The van der Waals surface area contributed by atoms with E-state index in [0.29, 0.717) is 12.0 Å². The lowest BCUT2D eigenvalue weighted by atomic mass is 9.96. The Kier molecular flexibility index (Phi) is 4.12. The van der Waals surface area contributed by atoms with Gasteiger partial charge in [0.15, 0.2) is 5.78 Å². The minimum absolute atomic E-state index is 0.174. The highest BCUT2D eigenvalue weighted by atomic mass is 16.3. The number of furan rings is 1.